The monoisotopic (exact) mass is 591 g/mol. The van der Waals surface area contributed by atoms with E-state index in [9.17, 15) is 0 Å². The summed E-state index contributed by atoms with van der Waals surface area (Å²) in [4.78, 5) is 4.86. The molecule has 0 amide bonds. The van der Waals surface area contributed by atoms with Gasteiger partial charge in [-0.05, 0) is 35.2 Å². The van der Waals surface area contributed by atoms with Crippen molar-refractivity contribution >= 4 is 21.8 Å². The highest BCUT2D eigenvalue weighted by molar-refractivity contribution is 5.97. The number of rotatable bonds is 8. The maximum Gasteiger partial charge on any atom is 0.169 e. The molecule has 0 radical (unpaired) electrons. The predicted octanol–water partition coefficient (Wildman–Crippen LogP) is 0.0709. The second-order valence-electron chi connectivity index (χ2n) is 8.73. The molecule has 35 heavy (non-hydrogen) atoms. The minimum absolute atomic E-state index is 0. The molecular formula is C30H31Br2N3. The van der Waals surface area contributed by atoms with Crippen molar-refractivity contribution in [2.45, 2.75) is 45.7 Å². The van der Waals surface area contributed by atoms with Crippen LogP contribution in [0.2, 0.25) is 0 Å². The topological polar surface area (TPSA) is 20.6 Å². The summed E-state index contributed by atoms with van der Waals surface area (Å²) >= 11 is 0. The minimum Gasteiger partial charge on any atom is -1.00 e. The maximum atomic E-state index is 4.86. The van der Waals surface area contributed by atoms with E-state index >= 15 is 0 Å². The second-order valence-corrected chi connectivity index (χ2v) is 8.73. The number of para-hydroxylation sites is 2. The van der Waals surface area contributed by atoms with Crippen molar-refractivity contribution in [1.29, 1.82) is 0 Å². The SMILES string of the molecule is CCCC[n+]1ccc(-c2cc[n+](CCCc3c4ccccc4nc4ccccc34)cc2)cc1.[Br-].[Br-]. The molecule has 5 rings (SSSR count). The molecule has 3 heterocycles. The molecule has 2 aromatic carbocycles. The summed E-state index contributed by atoms with van der Waals surface area (Å²) in [6.07, 6.45) is 13.4. The molecule has 0 spiro atoms. The standard InChI is InChI=1S/C30H31N3.2BrH/c1-2-3-18-32-20-14-24(15-21-32)25-16-22-33(23-17-25)19-8-11-26-27-9-4-6-12-29(27)31-30-13-7-5-10-28(26)30;;/h4-7,9-10,12-17,20-23H,2-3,8,11,18-19H2,1H3;2*1H/q+2;;/p-2. The van der Waals surface area contributed by atoms with Crippen LogP contribution in [-0.2, 0) is 19.5 Å². The Morgan fingerprint density at radius 2 is 1.06 bits per heavy atom. The first-order valence-corrected chi connectivity index (χ1v) is 12.1. The lowest BCUT2D eigenvalue weighted by Gasteiger charge is -2.10. The minimum atomic E-state index is 0. The number of halogens is 2. The molecule has 180 valence electrons. The van der Waals surface area contributed by atoms with Crippen LogP contribution in [0.5, 0.6) is 0 Å². The average Bonchev–Trinajstić information content (AvgIpc) is 2.88. The van der Waals surface area contributed by atoms with E-state index < -0.39 is 0 Å². The fourth-order valence-electron chi connectivity index (χ4n) is 4.57. The average molecular weight is 593 g/mol. The lowest BCUT2D eigenvalue weighted by molar-refractivity contribution is -0.697. The molecule has 0 saturated heterocycles. The molecule has 0 N–H and O–H groups in total. The Morgan fingerprint density at radius 3 is 1.54 bits per heavy atom. The Bertz CT molecular complexity index is 1310. The number of aromatic nitrogens is 3. The predicted molar refractivity (Wildman–Crippen MR) is 135 cm³/mol. The summed E-state index contributed by atoms with van der Waals surface area (Å²) in [5, 5.41) is 2.55. The number of fused-ring (bicyclic) bond motifs is 2. The third kappa shape index (κ3) is 6.33. The Balaban J connectivity index is 0.00000171. The fourth-order valence-corrected chi connectivity index (χ4v) is 4.57. The first-order chi connectivity index (χ1) is 16.3. The van der Waals surface area contributed by atoms with E-state index in [0.29, 0.717) is 0 Å². The van der Waals surface area contributed by atoms with E-state index in [0.717, 1.165) is 37.0 Å². The van der Waals surface area contributed by atoms with Gasteiger partial charge in [0.1, 0.15) is 13.1 Å². The third-order valence-electron chi connectivity index (χ3n) is 6.43. The van der Waals surface area contributed by atoms with Gasteiger partial charge in [0.05, 0.1) is 11.0 Å². The van der Waals surface area contributed by atoms with Gasteiger partial charge in [-0.2, -0.15) is 0 Å². The Hall–Kier alpha value is -2.63. The number of nitrogens with zero attached hydrogens (tertiary/aromatic N) is 3. The van der Waals surface area contributed by atoms with E-state index in [2.05, 4.69) is 114 Å². The third-order valence-corrected chi connectivity index (χ3v) is 6.43. The highest BCUT2D eigenvalue weighted by atomic mass is 79.9. The number of benzene rings is 2. The number of hydrogen-bond donors (Lipinski definition) is 0. The molecule has 0 unspecified atom stereocenters. The van der Waals surface area contributed by atoms with Gasteiger partial charge in [0, 0.05) is 47.9 Å². The van der Waals surface area contributed by atoms with Crippen LogP contribution in [0, 0.1) is 0 Å². The van der Waals surface area contributed by atoms with E-state index in [4.69, 9.17) is 4.98 Å². The quantitative estimate of drug-likeness (QED) is 0.185. The van der Waals surface area contributed by atoms with Crippen LogP contribution in [0.15, 0.2) is 97.6 Å². The Kier molecular flexibility index (Phi) is 9.93. The molecule has 5 heteroatoms. The van der Waals surface area contributed by atoms with Gasteiger partial charge in [0.25, 0.3) is 0 Å². The highest BCUT2D eigenvalue weighted by Gasteiger charge is 2.10. The van der Waals surface area contributed by atoms with Crippen LogP contribution < -0.4 is 43.1 Å². The van der Waals surface area contributed by atoms with Crippen LogP contribution in [0.1, 0.15) is 31.7 Å². The van der Waals surface area contributed by atoms with Crippen molar-refractivity contribution in [3.8, 4) is 11.1 Å². The molecule has 0 bridgehead atoms. The Morgan fingerprint density at radius 1 is 0.600 bits per heavy atom. The van der Waals surface area contributed by atoms with Crippen LogP contribution >= 0.6 is 0 Å². The molecule has 0 atom stereocenters. The van der Waals surface area contributed by atoms with E-state index in [1.54, 1.807) is 0 Å². The largest absolute Gasteiger partial charge is 1.00 e. The van der Waals surface area contributed by atoms with E-state index in [-0.39, 0.29) is 34.0 Å². The lowest BCUT2D eigenvalue weighted by atomic mass is 9.99. The number of hydrogen-bond acceptors (Lipinski definition) is 1. The molecule has 0 aliphatic heterocycles. The second kappa shape index (κ2) is 12.9. The Labute approximate surface area is 229 Å². The van der Waals surface area contributed by atoms with Crippen LogP contribution in [-0.4, -0.2) is 4.98 Å². The highest BCUT2D eigenvalue weighted by Crippen LogP contribution is 2.27. The van der Waals surface area contributed by atoms with Crippen LogP contribution in [0.4, 0.5) is 0 Å². The summed E-state index contributed by atoms with van der Waals surface area (Å²) < 4.78 is 4.56. The van der Waals surface area contributed by atoms with Crippen molar-refractivity contribution in [2.75, 3.05) is 0 Å². The molecule has 0 aliphatic carbocycles. The molecule has 3 nitrogen and oxygen atoms in total. The molecule has 3 aromatic heterocycles. The van der Waals surface area contributed by atoms with Gasteiger partial charge in [-0.1, -0.05) is 49.7 Å². The zero-order chi connectivity index (χ0) is 22.5. The van der Waals surface area contributed by atoms with Crippen molar-refractivity contribution in [3.05, 3.63) is 103 Å². The molecular weight excluding hydrogens is 562 g/mol. The summed E-state index contributed by atoms with van der Waals surface area (Å²) in [6, 6.07) is 25.9. The number of unbranched alkanes of at least 4 members (excludes halogenated alkanes) is 1. The lowest BCUT2D eigenvalue weighted by Crippen LogP contribution is -3.00. The van der Waals surface area contributed by atoms with Gasteiger partial charge >= 0.3 is 0 Å². The molecule has 0 fully saturated rings. The van der Waals surface area contributed by atoms with E-state index in [1.807, 2.05) is 0 Å². The van der Waals surface area contributed by atoms with Gasteiger partial charge in [-0.3, -0.25) is 0 Å². The zero-order valence-electron chi connectivity index (χ0n) is 20.1. The number of aryl methyl sites for hydroxylation is 3. The summed E-state index contributed by atoms with van der Waals surface area (Å²) in [6.45, 7) is 4.32. The van der Waals surface area contributed by atoms with Gasteiger partial charge < -0.3 is 34.0 Å². The summed E-state index contributed by atoms with van der Waals surface area (Å²) in [7, 11) is 0. The van der Waals surface area contributed by atoms with Crippen LogP contribution in [0.25, 0.3) is 32.9 Å². The van der Waals surface area contributed by atoms with Crippen molar-refractivity contribution < 1.29 is 43.1 Å². The molecule has 5 aromatic rings. The maximum absolute atomic E-state index is 4.86. The summed E-state index contributed by atoms with van der Waals surface area (Å²) in [5.74, 6) is 0. The van der Waals surface area contributed by atoms with E-state index in [1.165, 1.54) is 40.3 Å². The normalized spacial score (nSPS) is 10.7. The van der Waals surface area contributed by atoms with Crippen molar-refractivity contribution in [2.24, 2.45) is 0 Å². The molecule has 0 saturated carbocycles. The summed E-state index contributed by atoms with van der Waals surface area (Å²) in [5.41, 5.74) is 6.11. The fraction of sp³-hybridized carbons (Fsp3) is 0.233. The van der Waals surface area contributed by atoms with Gasteiger partial charge in [-0.15, -0.1) is 0 Å². The van der Waals surface area contributed by atoms with Gasteiger partial charge in [-0.25, -0.2) is 14.1 Å². The van der Waals surface area contributed by atoms with Crippen LogP contribution in [0.3, 0.4) is 0 Å². The van der Waals surface area contributed by atoms with Gasteiger partial charge in [0.15, 0.2) is 24.8 Å². The van der Waals surface area contributed by atoms with Gasteiger partial charge in [0.2, 0.25) is 0 Å². The first-order valence-electron chi connectivity index (χ1n) is 12.1. The van der Waals surface area contributed by atoms with Crippen molar-refractivity contribution in [1.82, 2.24) is 4.98 Å². The molecule has 0 aliphatic rings. The van der Waals surface area contributed by atoms with Crippen molar-refractivity contribution in [3.63, 3.8) is 0 Å². The number of pyridine rings is 3. The zero-order valence-corrected chi connectivity index (χ0v) is 23.2. The first kappa shape index (κ1) is 27.0. The smallest absolute Gasteiger partial charge is 0.169 e.